The second-order valence-corrected chi connectivity index (χ2v) is 6.25. The van der Waals surface area contributed by atoms with Gasteiger partial charge in [0, 0.05) is 6.54 Å². The van der Waals surface area contributed by atoms with E-state index >= 15 is 0 Å². The van der Waals surface area contributed by atoms with E-state index in [1.54, 1.807) is 24.3 Å². The average Bonchev–Trinajstić information content (AvgIpc) is 2.47. The maximum absolute atomic E-state index is 12.0. The van der Waals surface area contributed by atoms with Crippen molar-refractivity contribution in [2.45, 2.75) is 11.9 Å². The van der Waals surface area contributed by atoms with Crippen LogP contribution in [0.2, 0.25) is 0 Å². The van der Waals surface area contributed by atoms with Crippen LogP contribution in [-0.2, 0) is 25.2 Å². The number of ether oxygens (including phenoxy) is 2. The third-order valence-corrected chi connectivity index (χ3v) is 4.20. The lowest BCUT2D eigenvalue weighted by atomic mass is 10.1. The molecule has 0 aliphatic carbocycles. The van der Waals surface area contributed by atoms with Crippen molar-refractivity contribution in [3.63, 3.8) is 0 Å². The molecule has 2 rings (SSSR count). The number of sulfonamides is 1. The molecule has 0 aromatic heterocycles. The summed E-state index contributed by atoms with van der Waals surface area (Å²) in [6.45, 7) is 1.58. The Morgan fingerprint density at radius 3 is 2.85 bits per heavy atom. The summed E-state index contributed by atoms with van der Waals surface area (Å²) >= 11 is 0. The summed E-state index contributed by atoms with van der Waals surface area (Å²) in [4.78, 5) is 0. The minimum atomic E-state index is -3.50. The first-order chi connectivity index (χ1) is 9.61. The number of rotatable bonds is 5. The van der Waals surface area contributed by atoms with Crippen LogP contribution in [-0.4, -0.2) is 40.9 Å². The summed E-state index contributed by atoms with van der Waals surface area (Å²) in [6, 6.07) is 8.64. The lowest BCUT2D eigenvalue weighted by Crippen LogP contribution is -2.40. The standard InChI is InChI=1S/C13H16N2O4S/c14-7-11-3-1-2-4-12(11)10-20(16,17)15-8-13-9-18-5-6-19-13/h1-4,13,15H,5-6,8-10H2. The molecule has 7 heteroatoms. The van der Waals surface area contributed by atoms with Gasteiger partial charge in [-0.1, -0.05) is 18.2 Å². The highest BCUT2D eigenvalue weighted by Gasteiger charge is 2.19. The molecule has 6 nitrogen and oxygen atoms in total. The molecule has 1 aromatic rings. The first-order valence-corrected chi connectivity index (χ1v) is 7.90. The normalized spacial score (nSPS) is 19.4. The molecular weight excluding hydrogens is 280 g/mol. The molecule has 1 aliphatic heterocycles. The second-order valence-electron chi connectivity index (χ2n) is 4.44. The van der Waals surface area contributed by atoms with Crippen LogP contribution < -0.4 is 4.72 Å². The van der Waals surface area contributed by atoms with E-state index in [4.69, 9.17) is 14.7 Å². The van der Waals surface area contributed by atoms with Gasteiger partial charge >= 0.3 is 0 Å². The van der Waals surface area contributed by atoms with Crippen LogP contribution in [0.25, 0.3) is 0 Å². The Bertz CT molecular complexity index is 589. The molecule has 0 amide bonds. The molecular formula is C13H16N2O4S. The van der Waals surface area contributed by atoms with Crippen molar-refractivity contribution in [3.05, 3.63) is 35.4 Å². The van der Waals surface area contributed by atoms with Gasteiger partial charge in [0.1, 0.15) is 0 Å². The molecule has 0 spiro atoms. The molecule has 1 N–H and O–H groups in total. The van der Waals surface area contributed by atoms with Gasteiger partial charge in [0.25, 0.3) is 0 Å². The van der Waals surface area contributed by atoms with Gasteiger partial charge in [-0.15, -0.1) is 0 Å². The molecule has 1 unspecified atom stereocenters. The zero-order chi connectivity index (χ0) is 14.4. The summed E-state index contributed by atoms with van der Waals surface area (Å²) in [6.07, 6.45) is -0.260. The van der Waals surface area contributed by atoms with E-state index in [1.807, 2.05) is 6.07 Å². The fourth-order valence-corrected chi connectivity index (χ4v) is 3.09. The van der Waals surface area contributed by atoms with Gasteiger partial charge in [0.2, 0.25) is 10.0 Å². The molecule has 0 radical (unpaired) electrons. The first-order valence-electron chi connectivity index (χ1n) is 6.25. The van der Waals surface area contributed by atoms with Gasteiger partial charge in [0.05, 0.1) is 43.3 Å². The quantitative estimate of drug-likeness (QED) is 0.849. The molecule has 1 heterocycles. The van der Waals surface area contributed by atoms with E-state index in [-0.39, 0.29) is 18.4 Å². The number of nitrogens with one attached hydrogen (secondary N) is 1. The van der Waals surface area contributed by atoms with Crippen molar-refractivity contribution in [2.75, 3.05) is 26.4 Å². The van der Waals surface area contributed by atoms with E-state index in [0.717, 1.165) is 0 Å². The van der Waals surface area contributed by atoms with Crippen molar-refractivity contribution < 1.29 is 17.9 Å². The molecule has 1 aromatic carbocycles. The summed E-state index contributed by atoms with van der Waals surface area (Å²) in [5.41, 5.74) is 0.860. The van der Waals surface area contributed by atoms with Crippen molar-refractivity contribution in [2.24, 2.45) is 0 Å². The SMILES string of the molecule is N#Cc1ccccc1CS(=O)(=O)NCC1COCCO1. The number of benzene rings is 1. The number of hydrogen-bond acceptors (Lipinski definition) is 5. The average molecular weight is 296 g/mol. The monoisotopic (exact) mass is 296 g/mol. The largest absolute Gasteiger partial charge is 0.376 e. The van der Waals surface area contributed by atoms with Crippen LogP contribution >= 0.6 is 0 Å². The molecule has 0 bridgehead atoms. The topological polar surface area (TPSA) is 88.4 Å². The summed E-state index contributed by atoms with van der Waals surface area (Å²) < 4.78 is 37.0. The van der Waals surface area contributed by atoms with Gasteiger partial charge in [-0.3, -0.25) is 0 Å². The van der Waals surface area contributed by atoms with E-state index in [1.165, 1.54) is 0 Å². The van der Waals surface area contributed by atoms with Crippen molar-refractivity contribution >= 4 is 10.0 Å². The lowest BCUT2D eigenvalue weighted by molar-refractivity contribution is -0.0847. The third kappa shape index (κ3) is 4.28. The summed E-state index contributed by atoms with van der Waals surface area (Å²) in [5.74, 6) is -0.218. The maximum Gasteiger partial charge on any atom is 0.215 e. The van der Waals surface area contributed by atoms with Crippen LogP contribution in [0.15, 0.2) is 24.3 Å². The fraction of sp³-hybridized carbons (Fsp3) is 0.462. The van der Waals surface area contributed by atoms with Gasteiger partial charge in [0.15, 0.2) is 0 Å². The van der Waals surface area contributed by atoms with Gasteiger partial charge in [-0.2, -0.15) is 5.26 Å². The van der Waals surface area contributed by atoms with Crippen LogP contribution in [0.3, 0.4) is 0 Å². The molecule has 20 heavy (non-hydrogen) atoms. The smallest absolute Gasteiger partial charge is 0.215 e. The predicted octanol–water partition coefficient (Wildman–Crippen LogP) is 0.393. The Morgan fingerprint density at radius 2 is 2.15 bits per heavy atom. The van der Waals surface area contributed by atoms with Gasteiger partial charge < -0.3 is 9.47 Å². The molecule has 1 atom stereocenters. The minimum absolute atomic E-state index is 0.178. The molecule has 1 fully saturated rings. The van der Waals surface area contributed by atoms with E-state index in [0.29, 0.717) is 30.9 Å². The Balaban J connectivity index is 1.95. The number of nitriles is 1. The maximum atomic E-state index is 12.0. The van der Waals surface area contributed by atoms with E-state index in [9.17, 15) is 8.42 Å². The molecule has 108 valence electrons. The predicted molar refractivity (Wildman–Crippen MR) is 72.3 cm³/mol. The lowest BCUT2D eigenvalue weighted by Gasteiger charge is -2.23. The van der Waals surface area contributed by atoms with Crippen LogP contribution in [0, 0.1) is 11.3 Å². The molecule has 0 saturated carbocycles. The Labute approximate surface area is 118 Å². The minimum Gasteiger partial charge on any atom is -0.376 e. The Morgan fingerprint density at radius 1 is 1.35 bits per heavy atom. The fourth-order valence-electron chi connectivity index (χ4n) is 1.89. The van der Waals surface area contributed by atoms with Gasteiger partial charge in [-0.25, -0.2) is 13.1 Å². The third-order valence-electron chi connectivity index (χ3n) is 2.90. The highest BCUT2D eigenvalue weighted by atomic mass is 32.2. The second kappa shape index (κ2) is 6.81. The molecule has 1 saturated heterocycles. The van der Waals surface area contributed by atoms with E-state index in [2.05, 4.69) is 4.72 Å². The van der Waals surface area contributed by atoms with Crippen molar-refractivity contribution in [1.29, 1.82) is 5.26 Å². The van der Waals surface area contributed by atoms with Crippen LogP contribution in [0.4, 0.5) is 0 Å². The highest BCUT2D eigenvalue weighted by molar-refractivity contribution is 7.88. The zero-order valence-corrected chi connectivity index (χ0v) is 11.7. The van der Waals surface area contributed by atoms with Gasteiger partial charge in [-0.05, 0) is 11.6 Å². The van der Waals surface area contributed by atoms with Crippen LogP contribution in [0.5, 0.6) is 0 Å². The first kappa shape index (κ1) is 14.9. The van der Waals surface area contributed by atoms with E-state index < -0.39 is 10.0 Å². The van der Waals surface area contributed by atoms with Crippen molar-refractivity contribution in [3.8, 4) is 6.07 Å². The number of hydrogen-bond donors (Lipinski definition) is 1. The highest BCUT2D eigenvalue weighted by Crippen LogP contribution is 2.11. The zero-order valence-electron chi connectivity index (χ0n) is 10.9. The summed E-state index contributed by atoms with van der Waals surface area (Å²) in [5, 5.41) is 8.95. The Kier molecular flexibility index (Phi) is 5.09. The summed E-state index contributed by atoms with van der Waals surface area (Å²) in [7, 11) is -3.50. The molecule has 1 aliphatic rings. The number of nitrogens with zero attached hydrogens (tertiary/aromatic N) is 1. The van der Waals surface area contributed by atoms with Crippen LogP contribution in [0.1, 0.15) is 11.1 Å². The van der Waals surface area contributed by atoms with Crippen molar-refractivity contribution in [1.82, 2.24) is 4.72 Å². The Hall–Kier alpha value is -1.46.